The Morgan fingerprint density at radius 2 is 1.88 bits per heavy atom. The largest absolute Gasteiger partial charge is 0.354 e. The van der Waals surface area contributed by atoms with Gasteiger partial charge in [0.25, 0.3) is 6.43 Å². The second-order valence-corrected chi connectivity index (χ2v) is 6.90. The molecule has 1 aromatic carbocycles. The molecular weight excluding hydrogens is 329 g/mol. The predicted molar refractivity (Wildman–Crippen MR) is 92.3 cm³/mol. The lowest BCUT2D eigenvalue weighted by molar-refractivity contribution is -0.122. The van der Waals surface area contributed by atoms with Gasteiger partial charge in [-0.2, -0.15) is 0 Å². The second kappa shape index (κ2) is 9.22. The van der Waals surface area contributed by atoms with Crippen molar-refractivity contribution in [3.63, 3.8) is 0 Å². The van der Waals surface area contributed by atoms with Gasteiger partial charge in [0.05, 0.1) is 13.1 Å². The van der Waals surface area contributed by atoms with Gasteiger partial charge >= 0.3 is 0 Å². The zero-order valence-electron chi connectivity index (χ0n) is 14.7. The Labute approximate surface area is 147 Å². The third-order valence-electron chi connectivity index (χ3n) is 4.94. The van der Waals surface area contributed by atoms with Crippen LogP contribution in [-0.2, 0) is 10.2 Å². The van der Waals surface area contributed by atoms with Crippen molar-refractivity contribution in [2.24, 2.45) is 0 Å². The minimum atomic E-state index is -2.44. The molecule has 1 amide bonds. The van der Waals surface area contributed by atoms with Gasteiger partial charge in [0.2, 0.25) is 5.91 Å². The fraction of sp³-hybridized carbons (Fsp3) is 0.632. The minimum absolute atomic E-state index is 0.0162. The zero-order chi connectivity index (χ0) is 18.3. The average molecular weight is 356 g/mol. The monoisotopic (exact) mass is 356 g/mol. The highest BCUT2D eigenvalue weighted by molar-refractivity contribution is 5.78. The van der Waals surface area contributed by atoms with Crippen LogP contribution < -0.4 is 5.32 Å². The molecular formula is C19H27F3N2O. The molecule has 1 aliphatic rings. The molecule has 3 nitrogen and oxygen atoms in total. The van der Waals surface area contributed by atoms with E-state index in [9.17, 15) is 18.0 Å². The summed E-state index contributed by atoms with van der Waals surface area (Å²) in [6, 6.07) is 6.46. The third-order valence-corrected chi connectivity index (χ3v) is 4.94. The van der Waals surface area contributed by atoms with Crippen molar-refractivity contribution < 1.29 is 18.0 Å². The summed E-state index contributed by atoms with van der Waals surface area (Å²) in [7, 11) is 0. The molecule has 1 aliphatic carbocycles. The lowest BCUT2D eigenvalue weighted by Gasteiger charge is -2.30. The first-order chi connectivity index (χ1) is 11.9. The summed E-state index contributed by atoms with van der Waals surface area (Å²) in [5.74, 6) is -0.509. The zero-order valence-corrected chi connectivity index (χ0v) is 14.7. The summed E-state index contributed by atoms with van der Waals surface area (Å²) < 4.78 is 38.4. The summed E-state index contributed by atoms with van der Waals surface area (Å²) in [6.45, 7) is 2.44. The number of rotatable bonds is 9. The number of alkyl halides is 2. The van der Waals surface area contributed by atoms with Crippen LogP contribution in [0, 0.1) is 5.82 Å². The lowest BCUT2D eigenvalue weighted by Crippen LogP contribution is -2.44. The Hall–Kier alpha value is -1.56. The minimum Gasteiger partial charge on any atom is -0.354 e. The number of nitrogens with zero attached hydrogens (tertiary/aromatic N) is 1. The van der Waals surface area contributed by atoms with E-state index in [-0.39, 0.29) is 30.2 Å². The van der Waals surface area contributed by atoms with Crippen molar-refractivity contribution in [1.82, 2.24) is 10.2 Å². The molecule has 2 rings (SSSR count). The third kappa shape index (κ3) is 5.73. The first-order valence-corrected chi connectivity index (χ1v) is 8.98. The van der Waals surface area contributed by atoms with Crippen LogP contribution >= 0.6 is 0 Å². The Morgan fingerprint density at radius 3 is 2.44 bits per heavy atom. The number of hydrogen-bond donors (Lipinski definition) is 1. The number of carbonyl (C=O) groups is 1. The van der Waals surface area contributed by atoms with E-state index in [1.54, 1.807) is 12.1 Å². The van der Waals surface area contributed by atoms with E-state index in [2.05, 4.69) is 5.32 Å². The van der Waals surface area contributed by atoms with Crippen molar-refractivity contribution in [1.29, 1.82) is 0 Å². The quantitative estimate of drug-likeness (QED) is 0.731. The molecule has 1 aromatic rings. The molecule has 1 N–H and O–H groups in total. The van der Waals surface area contributed by atoms with E-state index in [4.69, 9.17) is 0 Å². The average Bonchev–Trinajstić information content (AvgIpc) is 3.03. The predicted octanol–water partition coefficient (Wildman–Crippen LogP) is 3.73. The Bertz CT molecular complexity index is 542. The van der Waals surface area contributed by atoms with Crippen LogP contribution in [0.3, 0.4) is 0 Å². The molecule has 1 saturated carbocycles. The Morgan fingerprint density at radius 1 is 1.24 bits per heavy atom. The maximum Gasteiger partial charge on any atom is 0.251 e. The van der Waals surface area contributed by atoms with Gasteiger partial charge in [0.15, 0.2) is 0 Å². The number of halogens is 3. The van der Waals surface area contributed by atoms with Gasteiger partial charge in [-0.3, -0.25) is 9.69 Å². The highest BCUT2D eigenvalue weighted by Crippen LogP contribution is 2.40. The summed E-state index contributed by atoms with van der Waals surface area (Å²) in [4.78, 5) is 13.7. The molecule has 0 unspecified atom stereocenters. The van der Waals surface area contributed by atoms with Crippen LogP contribution in [0.1, 0.15) is 44.6 Å². The molecule has 0 aromatic heterocycles. The van der Waals surface area contributed by atoms with Crippen molar-refractivity contribution in [2.45, 2.75) is 50.9 Å². The normalized spacial score (nSPS) is 16.6. The molecule has 140 valence electrons. The first-order valence-electron chi connectivity index (χ1n) is 8.98. The molecule has 0 saturated heterocycles. The maximum absolute atomic E-state index is 13.2. The van der Waals surface area contributed by atoms with Gasteiger partial charge in [-0.15, -0.1) is 0 Å². The standard InChI is InChI=1S/C19H27F3N2O/c1-2-11-24(12-17(21)22)13-18(25)23-14-19(9-3-4-10-19)15-5-7-16(20)8-6-15/h5-8,17H,2-4,9-14H2,1H3,(H,23,25). The van der Waals surface area contributed by atoms with E-state index in [1.807, 2.05) is 6.92 Å². The van der Waals surface area contributed by atoms with Crippen LogP contribution in [0.4, 0.5) is 13.2 Å². The van der Waals surface area contributed by atoms with E-state index in [0.29, 0.717) is 13.1 Å². The molecule has 0 atom stereocenters. The molecule has 0 bridgehead atoms. The summed E-state index contributed by atoms with van der Waals surface area (Å²) in [6.07, 6.45) is 2.30. The number of nitrogens with one attached hydrogen (secondary N) is 1. The molecule has 0 radical (unpaired) electrons. The molecule has 0 heterocycles. The fourth-order valence-corrected chi connectivity index (χ4v) is 3.70. The maximum atomic E-state index is 13.2. The van der Waals surface area contributed by atoms with Gasteiger partial charge in [0.1, 0.15) is 5.82 Å². The highest BCUT2D eigenvalue weighted by atomic mass is 19.3. The lowest BCUT2D eigenvalue weighted by atomic mass is 9.79. The number of amides is 1. The van der Waals surface area contributed by atoms with Crippen LogP contribution in [0.2, 0.25) is 0 Å². The van der Waals surface area contributed by atoms with E-state index >= 15 is 0 Å². The van der Waals surface area contributed by atoms with Gasteiger partial charge < -0.3 is 5.32 Å². The molecule has 6 heteroatoms. The van der Waals surface area contributed by atoms with Crippen LogP contribution in [0.5, 0.6) is 0 Å². The summed E-state index contributed by atoms with van der Waals surface area (Å²) >= 11 is 0. The Balaban J connectivity index is 1.96. The summed E-state index contributed by atoms with van der Waals surface area (Å²) in [5.41, 5.74) is 0.853. The van der Waals surface area contributed by atoms with Gasteiger partial charge in [0, 0.05) is 12.0 Å². The SMILES string of the molecule is CCCN(CC(=O)NCC1(c2ccc(F)cc2)CCCC1)CC(F)F. The van der Waals surface area contributed by atoms with Gasteiger partial charge in [-0.1, -0.05) is 31.9 Å². The molecule has 0 spiro atoms. The molecule has 25 heavy (non-hydrogen) atoms. The van der Waals surface area contributed by atoms with E-state index in [1.165, 1.54) is 17.0 Å². The van der Waals surface area contributed by atoms with Crippen molar-refractivity contribution >= 4 is 5.91 Å². The first kappa shape index (κ1) is 19.8. The molecule has 0 aliphatic heterocycles. The smallest absolute Gasteiger partial charge is 0.251 e. The van der Waals surface area contributed by atoms with Crippen molar-refractivity contribution in [3.8, 4) is 0 Å². The Kier molecular flexibility index (Phi) is 7.29. The van der Waals surface area contributed by atoms with E-state index in [0.717, 1.165) is 37.7 Å². The summed E-state index contributed by atoms with van der Waals surface area (Å²) in [5, 5.41) is 2.92. The van der Waals surface area contributed by atoms with E-state index < -0.39 is 6.43 Å². The second-order valence-electron chi connectivity index (χ2n) is 6.90. The topological polar surface area (TPSA) is 32.3 Å². The van der Waals surface area contributed by atoms with Crippen LogP contribution in [0.25, 0.3) is 0 Å². The van der Waals surface area contributed by atoms with Gasteiger partial charge in [-0.05, 0) is 43.5 Å². The molecule has 1 fully saturated rings. The van der Waals surface area contributed by atoms with Crippen molar-refractivity contribution in [2.75, 3.05) is 26.2 Å². The fourth-order valence-electron chi connectivity index (χ4n) is 3.70. The number of benzene rings is 1. The highest BCUT2D eigenvalue weighted by Gasteiger charge is 2.36. The number of hydrogen-bond acceptors (Lipinski definition) is 2. The van der Waals surface area contributed by atoms with Gasteiger partial charge in [-0.25, -0.2) is 13.2 Å². The number of carbonyl (C=O) groups excluding carboxylic acids is 1. The van der Waals surface area contributed by atoms with Crippen molar-refractivity contribution in [3.05, 3.63) is 35.6 Å². The van der Waals surface area contributed by atoms with Crippen LogP contribution in [-0.4, -0.2) is 43.4 Å². The van der Waals surface area contributed by atoms with Crippen LogP contribution in [0.15, 0.2) is 24.3 Å².